The molecular formula is C18H22N4O. The first kappa shape index (κ1) is 15.5. The molecule has 1 aromatic carbocycles. The van der Waals surface area contributed by atoms with Crippen LogP contribution in [0.3, 0.4) is 0 Å². The predicted octanol–water partition coefficient (Wildman–Crippen LogP) is 2.06. The van der Waals surface area contributed by atoms with Crippen molar-refractivity contribution >= 4 is 17.4 Å². The number of piperazine rings is 1. The quantitative estimate of drug-likeness (QED) is 0.887. The zero-order chi connectivity index (χ0) is 15.9. The maximum absolute atomic E-state index is 12.0. The highest BCUT2D eigenvalue weighted by molar-refractivity contribution is 5.89. The number of hydrogen-bond acceptors (Lipinski definition) is 4. The van der Waals surface area contributed by atoms with Gasteiger partial charge in [0.15, 0.2) is 0 Å². The van der Waals surface area contributed by atoms with E-state index < -0.39 is 0 Å². The highest BCUT2D eigenvalue weighted by Gasteiger charge is 2.11. The van der Waals surface area contributed by atoms with Crippen LogP contribution in [-0.4, -0.2) is 37.1 Å². The molecular weight excluding hydrogens is 288 g/mol. The topological polar surface area (TPSA) is 57.3 Å². The third-order valence-electron chi connectivity index (χ3n) is 3.98. The van der Waals surface area contributed by atoms with E-state index >= 15 is 0 Å². The van der Waals surface area contributed by atoms with Gasteiger partial charge in [0.1, 0.15) is 5.82 Å². The van der Waals surface area contributed by atoms with E-state index in [-0.39, 0.29) is 5.91 Å². The standard InChI is InChI=1S/C18H22N4O/c23-18(9-6-15-4-2-1-3-5-15)21-17-8-7-16(14-20-17)22-12-10-19-11-13-22/h1-5,7-8,14,19H,6,9-13H2,(H,20,21,23). The van der Waals surface area contributed by atoms with Gasteiger partial charge in [-0.15, -0.1) is 0 Å². The minimum absolute atomic E-state index is 0.00345. The average Bonchev–Trinajstić information content (AvgIpc) is 2.62. The second-order valence-corrected chi connectivity index (χ2v) is 5.67. The number of anilines is 2. The van der Waals surface area contributed by atoms with Crippen LogP contribution >= 0.6 is 0 Å². The molecule has 120 valence electrons. The molecule has 5 nitrogen and oxygen atoms in total. The van der Waals surface area contributed by atoms with Gasteiger partial charge >= 0.3 is 0 Å². The van der Waals surface area contributed by atoms with E-state index in [9.17, 15) is 4.79 Å². The molecule has 1 aliphatic heterocycles. The first-order valence-electron chi connectivity index (χ1n) is 8.07. The Labute approximate surface area is 136 Å². The van der Waals surface area contributed by atoms with Gasteiger partial charge in [0.2, 0.25) is 5.91 Å². The Balaban J connectivity index is 1.50. The number of rotatable bonds is 5. The van der Waals surface area contributed by atoms with E-state index in [1.165, 1.54) is 5.56 Å². The fourth-order valence-corrected chi connectivity index (χ4v) is 2.68. The molecule has 1 aromatic heterocycles. The molecule has 0 saturated carbocycles. The van der Waals surface area contributed by atoms with Crippen LogP contribution < -0.4 is 15.5 Å². The van der Waals surface area contributed by atoms with Crippen LogP contribution in [0.1, 0.15) is 12.0 Å². The van der Waals surface area contributed by atoms with Gasteiger partial charge in [-0.2, -0.15) is 0 Å². The van der Waals surface area contributed by atoms with Gasteiger partial charge in [0.05, 0.1) is 11.9 Å². The summed E-state index contributed by atoms with van der Waals surface area (Å²) < 4.78 is 0. The lowest BCUT2D eigenvalue weighted by Gasteiger charge is -2.29. The van der Waals surface area contributed by atoms with Crippen molar-refractivity contribution in [3.63, 3.8) is 0 Å². The number of amides is 1. The van der Waals surface area contributed by atoms with E-state index in [4.69, 9.17) is 0 Å². The van der Waals surface area contributed by atoms with E-state index in [0.717, 1.165) is 38.3 Å². The van der Waals surface area contributed by atoms with E-state index in [1.807, 2.05) is 48.7 Å². The second kappa shape index (κ2) is 7.74. The van der Waals surface area contributed by atoms with Crippen LogP contribution in [0.25, 0.3) is 0 Å². The largest absolute Gasteiger partial charge is 0.368 e. The lowest BCUT2D eigenvalue weighted by Crippen LogP contribution is -2.43. The number of nitrogens with zero attached hydrogens (tertiary/aromatic N) is 2. The molecule has 23 heavy (non-hydrogen) atoms. The number of pyridine rings is 1. The summed E-state index contributed by atoms with van der Waals surface area (Å²) in [5.41, 5.74) is 2.28. The Morgan fingerprint density at radius 2 is 1.91 bits per heavy atom. The monoisotopic (exact) mass is 310 g/mol. The lowest BCUT2D eigenvalue weighted by molar-refractivity contribution is -0.116. The summed E-state index contributed by atoms with van der Waals surface area (Å²) in [5.74, 6) is 0.609. The Hall–Kier alpha value is -2.40. The Kier molecular flexibility index (Phi) is 5.21. The fourth-order valence-electron chi connectivity index (χ4n) is 2.68. The van der Waals surface area contributed by atoms with Crippen molar-refractivity contribution in [2.45, 2.75) is 12.8 Å². The predicted molar refractivity (Wildman–Crippen MR) is 92.7 cm³/mol. The summed E-state index contributed by atoms with van der Waals surface area (Å²) in [6.45, 7) is 3.98. The molecule has 0 spiro atoms. The minimum atomic E-state index is -0.00345. The van der Waals surface area contributed by atoms with Crippen molar-refractivity contribution in [1.82, 2.24) is 10.3 Å². The molecule has 2 N–H and O–H groups in total. The number of carbonyl (C=O) groups excluding carboxylic acids is 1. The Morgan fingerprint density at radius 1 is 1.13 bits per heavy atom. The molecule has 3 rings (SSSR count). The summed E-state index contributed by atoms with van der Waals surface area (Å²) in [4.78, 5) is 18.7. The number of carbonyl (C=O) groups is 1. The molecule has 0 radical (unpaired) electrons. The van der Waals surface area contributed by atoms with Gasteiger partial charge in [-0.25, -0.2) is 4.98 Å². The van der Waals surface area contributed by atoms with Gasteiger partial charge < -0.3 is 15.5 Å². The van der Waals surface area contributed by atoms with Crippen LogP contribution in [-0.2, 0) is 11.2 Å². The zero-order valence-corrected chi connectivity index (χ0v) is 13.2. The summed E-state index contributed by atoms with van der Waals surface area (Å²) in [6, 6.07) is 13.9. The normalized spacial score (nSPS) is 14.5. The highest BCUT2D eigenvalue weighted by Crippen LogP contribution is 2.15. The first-order valence-corrected chi connectivity index (χ1v) is 8.07. The van der Waals surface area contributed by atoms with Crippen molar-refractivity contribution in [2.24, 2.45) is 0 Å². The molecule has 5 heteroatoms. The summed E-state index contributed by atoms with van der Waals surface area (Å²) in [6.07, 6.45) is 3.04. The van der Waals surface area contributed by atoms with Crippen LogP contribution in [0.2, 0.25) is 0 Å². The molecule has 0 aliphatic carbocycles. The molecule has 1 fully saturated rings. The van der Waals surface area contributed by atoms with Crippen molar-refractivity contribution in [3.8, 4) is 0 Å². The number of hydrogen-bond donors (Lipinski definition) is 2. The molecule has 1 amide bonds. The van der Waals surface area contributed by atoms with Crippen LogP contribution in [0, 0.1) is 0 Å². The maximum Gasteiger partial charge on any atom is 0.225 e. The zero-order valence-electron chi connectivity index (χ0n) is 13.2. The molecule has 0 bridgehead atoms. The van der Waals surface area contributed by atoms with Crippen LogP contribution in [0.15, 0.2) is 48.7 Å². The molecule has 2 aromatic rings. The van der Waals surface area contributed by atoms with Crippen LogP contribution in [0.4, 0.5) is 11.5 Å². The van der Waals surface area contributed by atoms with Gasteiger partial charge in [-0.1, -0.05) is 30.3 Å². The third kappa shape index (κ3) is 4.53. The van der Waals surface area contributed by atoms with Crippen molar-refractivity contribution in [1.29, 1.82) is 0 Å². The number of aryl methyl sites for hydroxylation is 1. The minimum Gasteiger partial charge on any atom is -0.368 e. The smallest absolute Gasteiger partial charge is 0.225 e. The van der Waals surface area contributed by atoms with E-state index in [1.54, 1.807) is 0 Å². The number of aromatic nitrogens is 1. The van der Waals surface area contributed by atoms with Crippen molar-refractivity contribution in [3.05, 3.63) is 54.2 Å². The maximum atomic E-state index is 12.0. The average molecular weight is 310 g/mol. The lowest BCUT2D eigenvalue weighted by atomic mass is 10.1. The molecule has 0 unspecified atom stereocenters. The van der Waals surface area contributed by atoms with Crippen molar-refractivity contribution < 1.29 is 4.79 Å². The molecule has 2 heterocycles. The Bertz CT molecular complexity index is 621. The molecule has 1 aliphatic rings. The number of nitrogens with one attached hydrogen (secondary N) is 2. The summed E-state index contributed by atoms with van der Waals surface area (Å²) in [5, 5.41) is 6.19. The summed E-state index contributed by atoms with van der Waals surface area (Å²) >= 11 is 0. The third-order valence-corrected chi connectivity index (χ3v) is 3.98. The van der Waals surface area contributed by atoms with Gasteiger partial charge in [0.25, 0.3) is 0 Å². The number of benzene rings is 1. The molecule has 1 saturated heterocycles. The fraction of sp³-hybridized carbons (Fsp3) is 0.333. The summed E-state index contributed by atoms with van der Waals surface area (Å²) in [7, 11) is 0. The van der Waals surface area contributed by atoms with Crippen molar-refractivity contribution in [2.75, 3.05) is 36.4 Å². The first-order chi connectivity index (χ1) is 11.3. The van der Waals surface area contributed by atoms with E-state index in [2.05, 4.69) is 20.5 Å². The second-order valence-electron chi connectivity index (χ2n) is 5.67. The van der Waals surface area contributed by atoms with Gasteiger partial charge in [0, 0.05) is 32.6 Å². The van der Waals surface area contributed by atoms with E-state index in [0.29, 0.717) is 12.2 Å². The van der Waals surface area contributed by atoms with Crippen LogP contribution in [0.5, 0.6) is 0 Å². The highest BCUT2D eigenvalue weighted by atomic mass is 16.1. The van der Waals surface area contributed by atoms with Gasteiger partial charge in [-0.3, -0.25) is 4.79 Å². The van der Waals surface area contributed by atoms with Gasteiger partial charge in [-0.05, 0) is 24.1 Å². The SMILES string of the molecule is O=C(CCc1ccccc1)Nc1ccc(N2CCNCC2)cn1. The Morgan fingerprint density at radius 3 is 2.61 bits per heavy atom. The molecule has 0 atom stereocenters.